The Morgan fingerprint density at radius 2 is 2.13 bits per heavy atom. The molecule has 2 N–H and O–H groups in total. The molecule has 1 aliphatic heterocycles. The first-order valence-corrected chi connectivity index (χ1v) is 6.52. The van der Waals surface area contributed by atoms with Gasteiger partial charge < -0.3 is 10.6 Å². The van der Waals surface area contributed by atoms with Crippen LogP contribution in [0.2, 0.25) is 0 Å². The van der Waals surface area contributed by atoms with Crippen molar-refractivity contribution in [3.05, 3.63) is 0 Å². The molecule has 2 unspecified atom stereocenters. The van der Waals surface area contributed by atoms with Crippen LogP contribution in [0.25, 0.3) is 0 Å². The van der Waals surface area contributed by atoms with Gasteiger partial charge in [-0.1, -0.05) is 20.8 Å². The molecule has 1 aliphatic carbocycles. The first-order chi connectivity index (χ1) is 7.08. The van der Waals surface area contributed by atoms with Crippen LogP contribution in [0.3, 0.4) is 0 Å². The van der Waals surface area contributed by atoms with E-state index in [0.717, 1.165) is 6.04 Å². The maximum Gasteiger partial charge on any atom is 0.0125 e. The van der Waals surface area contributed by atoms with Gasteiger partial charge >= 0.3 is 0 Å². The zero-order valence-electron chi connectivity index (χ0n) is 10.5. The number of rotatable bonds is 4. The molecular weight excluding hydrogens is 184 g/mol. The standard InChI is InChI=1S/C13H26N2/c1-4-13(6-5-7-14-9-13)10-15-11-8-12(11,2)3/h11,14-15H,4-10H2,1-3H3. The summed E-state index contributed by atoms with van der Waals surface area (Å²) >= 11 is 0. The number of hydrogen-bond acceptors (Lipinski definition) is 2. The zero-order valence-corrected chi connectivity index (χ0v) is 10.5. The summed E-state index contributed by atoms with van der Waals surface area (Å²) in [6.07, 6.45) is 5.42. The highest BCUT2D eigenvalue weighted by molar-refractivity contribution is 5.02. The summed E-state index contributed by atoms with van der Waals surface area (Å²) in [5.41, 5.74) is 1.11. The second-order valence-corrected chi connectivity index (χ2v) is 6.26. The van der Waals surface area contributed by atoms with Crippen molar-refractivity contribution in [3.8, 4) is 0 Å². The molecule has 0 radical (unpaired) electrons. The zero-order chi connectivity index (χ0) is 10.9. The molecule has 0 amide bonds. The molecule has 15 heavy (non-hydrogen) atoms. The van der Waals surface area contributed by atoms with Crippen molar-refractivity contribution < 1.29 is 0 Å². The van der Waals surface area contributed by atoms with Gasteiger partial charge in [0.1, 0.15) is 0 Å². The topological polar surface area (TPSA) is 24.1 Å². The molecule has 88 valence electrons. The van der Waals surface area contributed by atoms with Crippen molar-refractivity contribution in [3.63, 3.8) is 0 Å². The summed E-state index contributed by atoms with van der Waals surface area (Å²) in [5.74, 6) is 0. The van der Waals surface area contributed by atoms with Gasteiger partial charge in [0.2, 0.25) is 0 Å². The van der Waals surface area contributed by atoms with Crippen LogP contribution in [0, 0.1) is 10.8 Å². The lowest BCUT2D eigenvalue weighted by molar-refractivity contribution is 0.190. The molecular formula is C13H26N2. The fourth-order valence-electron chi connectivity index (χ4n) is 2.76. The maximum absolute atomic E-state index is 3.77. The van der Waals surface area contributed by atoms with Crippen LogP contribution in [-0.2, 0) is 0 Å². The number of piperidine rings is 1. The van der Waals surface area contributed by atoms with E-state index in [0.29, 0.717) is 10.8 Å². The van der Waals surface area contributed by atoms with Crippen LogP contribution in [0.5, 0.6) is 0 Å². The molecule has 1 saturated carbocycles. The fraction of sp³-hybridized carbons (Fsp3) is 1.00. The Morgan fingerprint density at radius 3 is 2.60 bits per heavy atom. The molecule has 2 heteroatoms. The summed E-state index contributed by atoms with van der Waals surface area (Å²) in [5, 5.41) is 7.32. The van der Waals surface area contributed by atoms with Crippen molar-refractivity contribution >= 4 is 0 Å². The molecule has 0 aromatic carbocycles. The molecule has 2 aliphatic rings. The van der Waals surface area contributed by atoms with Gasteiger partial charge in [-0.15, -0.1) is 0 Å². The van der Waals surface area contributed by atoms with Crippen LogP contribution >= 0.6 is 0 Å². The van der Waals surface area contributed by atoms with Gasteiger partial charge in [-0.25, -0.2) is 0 Å². The molecule has 0 aromatic heterocycles. The van der Waals surface area contributed by atoms with E-state index in [2.05, 4.69) is 31.4 Å². The van der Waals surface area contributed by atoms with E-state index in [9.17, 15) is 0 Å². The van der Waals surface area contributed by atoms with E-state index in [1.807, 2.05) is 0 Å². The highest BCUT2D eigenvalue weighted by Gasteiger charge is 2.46. The summed E-state index contributed by atoms with van der Waals surface area (Å²) in [7, 11) is 0. The smallest absolute Gasteiger partial charge is 0.0125 e. The Hall–Kier alpha value is -0.0800. The van der Waals surface area contributed by atoms with E-state index in [4.69, 9.17) is 0 Å². The van der Waals surface area contributed by atoms with Gasteiger partial charge in [0.15, 0.2) is 0 Å². The minimum atomic E-state index is 0.539. The van der Waals surface area contributed by atoms with Gasteiger partial charge in [0.05, 0.1) is 0 Å². The third kappa shape index (κ3) is 2.54. The molecule has 1 heterocycles. The molecule has 0 aromatic rings. The number of hydrogen-bond donors (Lipinski definition) is 2. The number of nitrogens with one attached hydrogen (secondary N) is 2. The summed E-state index contributed by atoms with van der Waals surface area (Å²) in [4.78, 5) is 0. The molecule has 2 fully saturated rings. The molecule has 2 atom stereocenters. The average Bonchev–Trinajstić information content (AvgIpc) is 2.85. The van der Waals surface area contributed by atoms with Gasteiger partial charge in [0, 0.05) is 19.1 Å². The molecule has 1 saturated heterocycles. The van der Waals surface area contributed by atoms with Crippen molar-refractivity contribution in [2.75, 3.05) is 19.6 Å². The Bertz CT molecular complexity index is 217. The Morgan fingerprint density at radius 1 is 1.40 bits per heavy atom. The lowest BCUT2D eigenvalue weighted by Gasteiger charge is -2.37. The van der Waals surface area contributed by atoms with E-state index in [-0.39, 0.29) is 0 Å². The minimum absolute atomic E-state index is 0.539. The van der Waals surface area contributed by atoms with E-state index in [1.165, 1.54) is 45.3 Å². The van der Waals surface area contributed by atoms with Gasteiger partial charge in [0.25, 0.3) is 0 Å². The second-order valence-electron chi connectivity index (χ2n) is 6.26. The molecule has 2 rings (SSSR count). The summed E-state index contributed by atoms with van der Waals surface area (Å²) in [6, 6.07) is 0.780. The third-order valence-electron chi connectivity index (χ3n) is 4.55. The highest BCUT2D eigenvalue weighted by Crippen LogP contribution is 2.45. The predicted octanol–water partition coefficient (Wildman–Crippen LogP) is 2.15. The minimum Gasteiger partial charge on any atom is -0.316 e. The maximum atomic E-state index is 3.77. The third-order valence-corrected chi connectivity index (χ3v) is 4.55. The van der Waals surface area contributed by atoms with Crippen molar-refractivity contribution in [1.29, 1.82) is 0 Å². The molecule has 2 nitrogen and oxygen atoms in total. The highest BCUT2D eigenvalue weighted by atomic mass is 15.0. The largest absolute Gasteiger partial charge is 0.316 e. The predicted molar refractivity (Wildman–Crippen MR) is 65.0 cm³/mol. The molecule has 0 bridgehead atoms. The first-order valence-electron chi connectivity index (χ1n) is 6.52. The monoisotopic (exact) mass is 210 g/mol. The Kier molecular flexibility index (Phi) is 3.09. The van der Waals surface area contributed by atoms with Crippen molar-refractivity contribution in [2.24, 2.45) is 10.8 Å². The van der Waals surface area contributed by atoms with Gasteiger partial charge in [-0.2, -0.15) is 0 Å². The summed E-state index contributed by atoms with van der Waals surface area (Å²) < 4.78 is 0. The quantitative estimate of drug-likeness (QED) is 0.743. The normalized spacial score (nSPS) is 39.0. The van der Waals surface area contributed by atoms with Crippen LogP contribution in [-0.4, -0.2) is 25.7 Å². The van der Waals surface area contributed by atoms with E-state index in [1.54, 1.807) is 0 Å². The van der Waals surface area contributed by atoms with E-state index < -0.39 is 0 Å². The van der Waals surface area contributed by atoms with Crippen LogP contribution in [0.4, 0.5) is 0 Å². The van der Waals surface area contributed by atoms with Crippen LogP contribution in [0.1, 0.15) is 46.5 Å². The lowest BCUT2D eigenvalue weighted by Crippen LogP contribution is -2.46. The SMILES string of the molecule is CCC1(CNC2CC2(C)C)CCCNC1. The van der Waals surface area contributed by atoms with Crippen LogP contribution in [0.15, 0.2) is 0 Å². The second kappa shape index (κ2) is 4.06. The Labute approximate surface area is 94.2 Å². The van der Waals surface area contributed by atoms with Crippen molar-refractivity contribution in [1.82, 2.24) is 10.6 Å². The lowest BCUT2D eigenvalue weighted by atomic mass is 9.78. The Balaban J connectivity index is 1.80. The molecule has 0 spiro atoms. The average molecular weight is 210 g/mol. The van der Waals surface area contributed by atoms with Crippen molar-refractivity contribution in [2.45, 2.75) is 52.5 Å². The van der Waals surface area contributed by atoms with E-state index >= 15 is 0 Å². The van der Waals surface area contributed by atoms with Gasteiger partial charge in [-0.3, -0.25) is 0 Å². The fourth-order valence-corrected chi connectivity index (χ4v) is 2.76. The van der Waals surface area contributed by atoms with Gasteiger partial charge in [-0.05, 0) is 43.1 Å². The summed E-state index contributed by atoms with van der Waals surface area (Å²) in [6.45, 7) is 10.7. The van der Waals surface area contributed by atoms with Crippen LogP contribution < -0.4 is 10.6 Å². The first kappa shape index (κ1) is 11.4.